The summed E-state index contributed by atoms with van der Waals surface area (Å²) in [7, 11) is 1.94. The van der Waals surface area contributed by atoms with Crippen LogP contribution in [-0.4, -0.2) is 9.78 Å². The topological polar surface area (TPSA) is 43.8 Å². The number of halogens is 1. The van der Waals surface area contributed by atoms with Gasteiger partial charge in [0.15, 0.2) is 0 Å². The molecule has 0 saturated carbocycles. The van der Waals surface area contributed by atoms with Gasteiger partial charge >= 0.3 is 0 Å². The summed E-state index contributed by atoms with van der Waals surface area (Å²) in [6.07, 6.45) is 2.44. The molecule has 1 atom stereocenters. The van der Waals surface area contributed by atoms with Gasteiger partial charge in [-0.1, -0.05) is 6.07 Å². The molecule has 0 bridgehead atoms. The normalized spacial score (nSPS) is 21.7. The van der Waals surface area contributed by atoms with Gasteiger partial charge in [0.2, 0.25) is 0 Å². The van der Waals surface area contributed by atoms with E-state index < -0.39 is 5.54 Å². The molecule has 0 radical (unpaired) electrons. The van der Waals surface area contributed by atoms with Crippen LogP contribution in [0.25, 0.3) is 0 Å². The second-order valence-corrected chi connectivity index (χ2v) is 5.54. The van der Waals surface area contributed by atoms with E-state index in [0.29, 0.717) is 0 Å². The number of rotatable bonds is 2. The van der Waals surface area contributed by atoms with E-state index in [1.54, 1.807) is 6.07 Å². The van der Waals surface area contributed by atoms with Gasteiger partial charge in [-0.15, -0.1) is 0 Å². The summed E-state index contributed by atoms with van der Waals surface area (Å²) in [6, 6.07) is 7.01. The van der Waals surface area contributed by atoms with Gasteiger partial charge in [0.25, 0.3) is 0 Å². The highest BCUT2D eigenvalue weighted by Crippen LogP contribution is 2.37. The monoisotopic (exact) mass is 259 g/mol. The second-order valence-electron chi connectivity index (χ2n) is 5.54. The number of benzene rings is 1. The summed E-state index contributed by atoms with van der Waals surface area (Å²) in [5.41, 5.74) is 10.4. The summed E-state index contributed by atoms with van der Waals surface area (Å²) < 4.78 is 15.1. The van der Waals surface area contributed by atoms with E-state index in [1.165, 1.54) is 6.07 Å². The lowest BCUT2D eigenvalue weighted by atomic mass is 9.88. The van der Waals surface area contributed by atoms with E-state index in [-0.39, 0.29) is 5.82 Å². The van der Waals surface area contributed by atoms with Crippen LogP contribution in [0.5, 0.6) is 0 Å². The number of aryl methyl sites for hydroxylation is 3. The average molecular weight is 259 g/mol. The minimum atomic E-state index is -0.400. The molecule has 4 heteroatoms. The van der Waals surface area contributed by atoms with Crippen molar-refractivity contribution in [3.63, 3.8) is 0 Å². The highest BCUT2D eigenvalue weighted by atomic mass is 19.1. The molecule has 0 saturated heterocycles. The fourth-order valence-electron chi connectivity index (χ4n) is 3.08. The molecule has 1 aromatic carbocycles. The molecule has 2 aromatic rings. The molecule has 3 nitrogen and oxygen atoms in total. The molecule has 100 valence electrons. The minimum Gasteiger partial charge on any atom is -0.321 e. The lowest BCUT2D eigenvalue weighted by Crippen LogP contribution is -2.37. The van der Waals surface area contributed by atoms with E-state index in [4.69, 9.17) is 5.73 Å². The van der Waals surface area contributed by atoms with Crippen LogP contribution >= 0.6 is 0 Å². The molecule has 3 rings (SSSR count). The number of nitrogens with two attached hydrogens (primary N) is 1. The maximum atomic E-state index is 13.3. The zero-order chi connectivity index (χ0) is 13.6. The Morgan fingerprint density at radius 1 is 1.42 bits per heavy atom. The largest absolute Gasteiger partial charge is 0.321 e. The molecule has 1 aliphatic rings. The van der Waals surface area contributed by atoms with Crippen LogP contribution < -0.4 is 5.73 Å². The van der Waals surface area contributed by atoms with Crippen LogP contribution in [0.3, 0.4) is 0 Å². The van der Waals surface area contributed by atoms with Crippen LogP contribution in [0.2, 0.25) is 0 Å². The predicted octanol–water partition coefficient (Wildman–Crippen LogP) is 2.21. The first kappa shape index (κ1) is 12.4. The molecule has 0 aliphatic heterocycles. The summed E-state index contributed by atoms with van der Waals surface area (Å²) in [6.45, 7) is 1.98. The second kappa shape index (κ2) is 4.17. The predicted molar refractivity (Wildman–Crippen MR) is 72.2 cm³/mol. The van der Waals surface area contributed by atoms with Gasteiger partial charge in [-0.05, 0) is 49.1 Å². The Hall–Kier alpha value is -1.68. The molecule has 2 N–H and O–H groups in total. The maximum Gasteiger partial charge on any atom is 0.123 e. The summed E-state index contributed by atoms with van der Waals surface area (Å²) in [5, 5.41) is 4.36. The van der Waals surface area contributed by atoms with E-state index in [9.17, 15) is 4.39 Å². The molecule has 19 heavy (non-hydrogen) atoms. The first-order chi connectivity index (χ1) is 8.98. The fourth-order valence-corrected chi connectivity index (χ4v) is 3.08. The standard InChI is InChI=1S/C15H18FN3/c1-10-7-13(19(2)18-10)9-15(17)6-5-11-8-12(16)3-4-14(11)15/h3-4,7-8H,5-6,9,17H2,1-2H3. The van der Waals surface area contributed by atoms with Gasteiger partial charge in [0.05, 0.1) is 5.69 Å². The van der Waals surface area contributed by atoms with Crippen molar-refractivity contribution >= 4 is 0 Å². The average Bonchev–Trinajstić information content (AvgIpc) is 2.81. The van der Waals surface area contributed by atoms with E-state index >= 15 is 0 Å². The third kappa shape index (κ3) is 2.06. The summed E-state index contributed by atoms with van der Waals surface area (Å²) in [4.78, 5) is 0. The quantitative estimate of drug-likeness (QED) is 0.898. The van der Waals surface area contributed by atoms with Gasteiger partial charge in [0.1, 0.15) is 5.82 Å². The Bertz CT molecular complexity index is 632. The van der Waals surface area contributed by atoms with Gasteiger partial charge in [-0.2, -0.15) is 5.10 Å². The van der Waals surface area contributed by atoms with Crippen molar-refractivity contribution in [1.29, 1.82) is 0 Å². The van der Waals surface area contributed by atoms with Crippen LogP contribution in [0.15, 0.2) is 24.3 Å². The molecular weight excluding hydrogens is 241 g/mol. The number of hydrogen-bond acceptors (Lipinski definition) is 2. The molecule has 1 heterocycles. The number of hydrogen-bond donors (Lipinski definition) is 1. The third-order valence-corrected chi connectivity index (χ3v) is 4.04. The highest BCUT2D eigenvalue weighted by Gasteiger charge is 2.36. The molecule has 1 aromatic heterocycles. The Morgan fingerprint density at radius 3 is 2.89 bits per heavy atom. The third-order valence-electron chi connectivity index (χ3n) is 4.04. The highest BCUT2D eigenvalue weighted by molar-refractivity contribution is 5.40. The van der Waals surface area contributed by atoms with E-state index in [1.807, 2.05) is 24.7 Å². The van der Waals surface area contributed by atoms with E-state index in [0.717, 1.165) is 41.8 Å². The molecular formula is C15H18FN3. The Kier molecular flexibility index (Phi) is 2.71. The zero-order valence-electron chi connectivity index (χ0n) is 11.3. The van der Waals surface area contributed by atoms with Crippen molar-refractivity contribution in [2.45, 2.75) is 31.7 Å². The van der Waals surface area contributed by atoms with Gasteiger partial charge in [-0.25, -0.2) is 4.39 Å². The lowest BCUT2D eigenvalue weighted by Gasteiger charge is -2.25. The zero-order valence-corrected chi connectivity index (χ0v) is 11.3. The van der Waals surface area contributed by atoms with Crippen molar-refractivity contribution < 1.29 is 4.39 Å². The van der Waals surface area contributed by atoms with Crippen LogP contribution in [-0.2, 0) is 25.4 Å². The number of nitrogens with zero attached hydrogens (tertiary/aromatic N) is 2. The maximum absolute atomic E-state index is 13.3. The Balaban J connectivity index is 1.96. The molecule has 0 spiro atoms. The lowest BCUT2D eigenvalue weighted by molar-refractivity contribution is 0.425. The minimum absolute atomic E-state index is 0.181. The van der Waals surface area contributed by atoms with Gasteiger partial charge in [-0.3, -0.25) is 4.68 Å². The van der Waals surface area contributed by atoms with E-state index in [2.05, 4.69) is 11.2 Å². The van der Waals surface area contributed by atoms with Crippen LogP contribution in [0.1, 0.15) is 28.9 Å². The molecule has 1 unspecified atom stereocenters. The first-order valence-electron chi connectivity index (χ1n) is 6.55. The van der Waals surface area contributed by atoms with Gasteiger partial charge in [0, 0.05) is 24.7 Å². The summed E-state index contributed by atoms with van der Waals surface area (Å²) >= 11 is 0. The van der Waals surface area contributed by atoms with Crippen molar-refractivity contribution in [1.82, 2.24) is 9.78 Å². The van der Waals surface area contributed by atoms with Crippen molar-refractivity contribution in [2.24, 2.45) is 12.8 Å². The Labute approximate surface area is 112 Å². The fraction of sp³-hybridized carbons (Fsp3) is 0.400. The number of fused-ring (bicyclic) bond motifs is 1. The van der Waals surface area contributed by atoms with Crippen LogP contribution in [0, 0.1) is 12.7 Å². The smallest absolute Gasteiger partial charge is 0.123 e. The van der Waals surface area contributed by atoms with Crippen molar-refractivity contribution in [3.05, 3.63) is 52.6 Å². The van der Waals surface area contributed by atoms with Crippen LogP contribution in [0.4, 0.5) is 4.39 Å². The molecule has 0 amide bonds. The number of aromatic nitrogens is 2. The van der Waals surface area contributed by atoms with Gasteiger partial charge < -0.3 is 5.73 Å². The first-order valence-corrected chi connectivity index (χ1v) is 6.55. The van der Waals surface area contributed by atoms with Crippen molar-refractivity contribution in [3.8, 4) is 0 Å². The SMILES string of the molecule is Cc1cc(CC2(N)CCc3cc(F)ccc32)n(C)n1. The molecule has 1 aliphatic carbocycles. The van der Waals surface area contributed by atoms with Crippen molar-refractivity contribution in [2.75, 3.05) is 0 Å². The summed E-state index contributed by atoms with van der Waals surface area (Å²) in [5.74, 6) is -0.181. The Morgan fingerprint density at radius 2 is 2.21 bits per heavy atom. The molecule has 0 fully saturated rings.